The van der Waals surface area contributed by atoms with Crippen molar-refractivity contribution >= 4 is 0 Å². The van der Waals surface area contributed by atoms with Crippen LogP contribution >= 0.6 is 0 Å². The molecule has 19 heavy (non-hydrogen) atoms. The molecule has 1 N–H and O–H groups in total. The third-order valence-electron chi connectivity index (χ3n) is 2.97. The van der Waals surface area contributed by atoms with Crippen molar-refractivity contribution in [3.63, 3.8) is 0 Å². The zero-order valence-electron chi connectivity index (χ0n) is 11.1. The average molecular weight is 260 g/mol. The highest BCUT2D eigenvalue weighted by Crippen LogP contribution is 2.13. The summed E-state index contributed by atoms with van der Waals surface area (Å²) in [6, 6.07) is 11.1. The Morgan fingerprint density at radius 2 is 1.95 bits per heavy atom. The predicted molar refractivity (Wildman–Crippen MR) is 72.4 cm³/mol. The summed E-state index contributed by atoms with van der Waals surface area (Å²) in [5.74, 6) is 0.531. The van der Waals surface area contributed by atoms with Gasteiger partial charge in [-0.2, -0.15) is 0 Å². The van der Waals surface area contributed by atoms with Gasteiger partial charge in [-0.25, -0.2) is 4.39 Å². The van der Waals surface area contributed by atoms with Crippen LogP contribution in [0.4, 0.5) is 4.39 Å². The fraction of sp³-hybridized carbons (Fsp3) is 0.267. The molecule has 0 radical (unpaired) electrons. The van der Waals surface area contributed by atoms with Crippen molar-refractivity contribution in [1.29, 1.82) is 0 Å². The van der Waals surface area contributed by atoms with Gasteiger partial charge in [0, 0.05) is 12.6 Å². The molecule has 2 aromatic rings. The van der Waals surface area contributed by atoms with Crippen molar-refractivity contribution in [3.8, 4) is 5.75 Å². The molecule has 1 unspecified atom stereocenters. The molecule has 3 nitrogen and oxygen atoms in total. The zero-order valence-corrected chi connectivity index (χ0v) is 11.1. The molecule has 0 saturated heterocycles. The standard InChI is InChI=1S/C15H17FN2O/c1-11(15-8-5-13(16)10-18-15)17-9-12-3-6-14(19-2)7-4-12/h3-8,10-11,17H,9H2,1-2H3. The van der Waals surface area contributed by atoms with Gasteiger partial charge in [0.05, 0.1) is 19.0 Å². The summed E-state index contributed by atoms with van der Waals surface area (Å²) < 4.78 is 17.9. The van der Waals surface area contributed by atoms with Crippen molar-refractivity contribution < 1.29 is 9.13 Å². The highest BCUT2D eigenvalue weighted by Gasteiger charge is 2.06. The normalized spacial score (nSPS) is 12.2. The predicted octanol–water partition coefficient (Wildman–Crippen LogP) is 3.08. The van der Waals surface area contributed by atoms with Crippen LogP contribution in [-0.4, -0.2) is 12.1 Å². The summed E-state index contributed by atoms with van der Waals surface area (Å²) >= 11 is 0. The maximum Gasteiger partial charge on any atom is 0.141 e. The van der Waals surface area contributed by atoms with Crippen LogP contribution in [-0.2, 0) is 6.54 Å². The number of benzene rings is 1. The van der Waals surface area contributed by atoms with Crippen molar-refractivity contribution in [2.45, 2.75) is 19.5 Å². The molecule has 0 aliphatic heterocycles. The van der Waals surface area contributed by atoms with Gasteiger partial charge in [-0.15, -0.1) is 0 Å². The van der Waals surface area contributed by atoms with E-state index < -0.39 is 0 Å². The van der Waals surface area contributed by atoms with E-state index in [-0.39, 0.29) is 11.9 Å². The van der Waals surface area contributed by atoms with E-state index in [1.807, 2.05) is 31.2 Å². The Kier molecular flexibility index (Phi) is 4.47. The molecule has 1 atom stereocenters. The zero-order chi connectivity index (χ0) is 13.7. The van der Waals surface area contributed by atoms with Crippen LogP contribution in [0.2, 0.25) is 0 Å². The molecule has 0 saturated carbocycles. The maximum atomic E-state index is 12.8. The number of ether oxygens (including phenoxy) is 1. The fourth-order valence-electron chi connectivity index (χ4n) is 1.76. The highest BCUT2D eigenvalue weighted by atomic mass is 19.1. The number of nitrogens with one attached hydrogen (secondary N) is 1. The van der Waals surface area contributed by atoms with Gasteiger partial charge in [0.1, 0.15) is 11.6 Å². The smallest absolute Gasteiger partial charge is 0.141 e. The maximum absolute atomic E-state index is 12.8. The second-order valence-electron chi connectivity index (χ2n) is 4.35. The number of rotatable bonds is 5. The Labute approximate surface area is 112 Å². The molecule has 100 valence electrons. The molecule has 1 aromatic heterocycles. The van der Waals surface area contributed by atoms with Gasteiger partial charge in [-0.1, -0.05) is 12.1 Å². The molecule has 0 aliphatic rings. The number of hydrogen-bond acceptors (Lipinski definition) is 3. The lowest BCUT2D eigenvalue weighted by Crippen LogP contribution is -2.19. The van der Waals surface area contributed by atoms with Crippen molar-refractivity contribution in [2.75, 3.05) is 7.11 Å². The number of pyridine rings is 1. The molecule has 0 amide bonds. The number of halogens is 1. The van der Waals surface area contributed by atoms with E-state index >= 15 is 0 Å². The van der Waals surface area contributed by atoms with E-state index in [4.69, 9.17) is 4.74 Å². The van der Waals surface area contributed by atoms with Gasteiger partial charge in [-0.05, 0) is 36.8 Å². The van der Waals surface area contributed by atoms with Gasteiger partial charge < -0.3 is 10.1 Å². The minimum atomic E-state index is -0.314. The van der Waals surface area contributed by atoms with Crippen molar-refractivity contribution in [3.05, 3.63) is 59.7 Å². The fourth-order valence-corrected chi connectivity index (χ4v) is 1.76. The molecule has 0 aliphatic carbocycles. The average Bonchev–Trinajstić information content (AvgIpc) is 2.46. The van der Waals surface area contributed by atoms with E-state index in [0.29, 0.717) is 0 Å². The second-order valence-corrected chi connectivity index (χ2v) is 4.35. The minimum absolute atomic E-state index is 0.0719. The van der Waals surface area contributed by atoms with Gasteiger partial charge in [0.25, 0.3) is 0 Å². The second kappa shape index (κ2) is 6.29. The van der Waals surface area contributed by atoms with Gasteiger partial charge in [0.2, 0.25) is 0 Å². The van der Waals surface area contributed by atoms with Crippen LogP contribution < -0.4 is 10.1 Å². The van der Waals surface area contributed by atoms with E-state index in [2.05, 4.69) is 10.3 Å². The number of hydrogen-bond donors (Lipinski definition) is 1. The lowest BCUT2D eigenvalue weighted by molar-refractivity contribution is 0.414. The van der Waals surface area contributed by atoms with Crippen LogP contribution in [0.3, 0.4) is 0 Å². The first-order valence-corrected chi connectivity index (χ1v) is 6.17. The number of nitrogens with zero attached hydrogens (tertiary/aromatic N) is 1. The number of methoxy groups -OCH3 is 1. The van der Waals surface area contributed by atoms with E-state index in [0.717, 1.165) is 23.6 Å². The molecule has 1 aromatic carbocycles. The Morgan fingerprint density at radius 1 is 1.21 bits per heavy atom. The Bertz CT molecular complexity index is 511. The van der Waals surface area contributed by atoms with E-state index in [9.17, 15) is 4.39 Å². The third kappa shape index (κ3) is 3.76. The monoisotopic (exact) mass is 260 g/mol. The van der Waals surface area contributed by atoms with Crippen molar-refractivity contribution in [1.82, 2.24) is 10.3 Å². The number of aromatic nitrogens is 1. The lowest BCUT2D eigenvalue weighted by Gasteiger charge is -2.13. The van der Waals surface area contributed by atoms with Crippen LogP contribution in [0.5, 0.6) is 5.75 Å². The van der Waals surface area contributed by atoms with Gasteiger partial charge in [0.15, 0.2) is 0 Å². The lowest BCUT2D eigenvalue weighted by atomic mass is 10.1. The first kappa shape index (κ1) is 13.5. The topological polar surface area (TPSA) is 34.1 Å². The summed E-state index contributed by atoms with van der Waals surface area (Å²) in [5, 5.41) is 3.35. The third-order valence-corrected chi connectivity index (χ3v) is 2.97. The first-order chi connectivity index (χ1) is 9.19. The molecule has 0 bridgehead atoms. The molecular weight excluding hydrogens is 243 g/mol. The minimum Gasteiger partial charge on any atom is -0.497 e. The molecule has 4 heteroatoms. The summed E-state index contributed by atoms with van der Waals surface area (Å²) in [6.45, 7) is 2.73. The Hall–Kier alpha value is -1.94. The summed E-state index contributed by atoms with van der Waals surface area (Å²) in [4.78, 5) is 4.06. The molecule has 1 heterocycles. The van der Waals surface area contributed by atoms with E-state index in [1.165, 1.54) is 12.3 Å². The van der Waals surface area contributed by atoms with Gasteiger partial charge >= 0.3 is 0 Å². The van der Waals surface area contributed by atoms with Crippen molar-refractivity contribution in [2.24, 2.45) is 0 Å². The van der Waals surface area contributed by atoms with Gasteiger partial charge in [-0.3, -0.25) is 4.98 Å². The quantitative estimate of drug-likeness (QED) is 0.897. The van der Waals surface area contributed by atoms with Crippen LogP contribution in [0.25, 0.3) is 0 Å². The largest absolute Gasteiger partial charge is 0.497 e. The molecular formula is C15H17FN2O. The Morgan fingerprint density at radius 3 is 2.53 bits per heavy atom. The molecule has 0 fully saturated rings. The molecule has 0 spiro atoms. The SMILES string of the molecule is COc1ccc(CNC(C)c2ccc(F)cn2)cc1. The summed E-state index contributed by atoms with van der Waals surface area (Å²) in [5.41, 5.74) is 1.99. The van der Waals surface area contributed by atoms with E-state index in [1.54, 1.807) is 13.2 Å². The first-order valence-electron chi connectivity index (χ1n) is 6.17. The van der Waals surface area contributed by atoms with Crippen LogP contribution in [0.1, 0.15) is 24.2 Å². The Balaban J connectivity index is 1.92. The van der Waals surface area contributed by atoms with Crippen LogP contribution in [0, 0.1) is 5.82 Å². The highest BCUT2D eigenvalue weighted by molar-refractivity contribution is 5.27. The molecule has 2 rings (SSSR count). The van der Waals surface area contributed by atoms with Crippen LogP contribution in [0.15, 0.2) is 42.6 Å². The summed E-state index contributed by atoms with van der Waals surface area (Å²) in [6.07, 6.45) is 1.24. The summed E-state index contributed by atoms with van der Waals surface area (Å²) in [7, 11) is 1.65.